The molecule has 0 spiro atoms. The lowest BCUT2D eigenvalue weighted by molar-refractivity contribution is 0.102. The van der Waals surface area contributed by atoms with Crippen LogP contribution in [0.15, 0.2) is 28.1 Å². The first-order valence-electron chi connectivity index (χ1n) is 7.17. The van der Waals surface area contributed by atoms with Crippen molar-refractivity contribution < 1.29 is 18.1 Å². The van der Waals surface area contributed by atoms with E-state index >= 15 is 0 Å². The summed E-state index contributed by atoms with van der Waals surface area (Å²) >= 11 is 1.19. The Kier molecular flexibility index (Phi) is 4.39. The van der Waals surface area contributed by atoms with Crippen LogP contribution in [0.25, 0.3) is 11.3 Å². The number of carbonyl (C=O) groups is 1. The van der Waals surface area contributed by atoms with Crippen molar-refractivity contribution in [1.29, 1.82) is 0 Å². The number of aromatic nitrogens is 2. The lowest BCUT2D eigenvalue weighted by Gasteiger charge is -2.01. The third-order valence-corrected chi connectivity index (χ3v) is 4.19. The first-order chi connectivity index (χ1) is 11.5. The molecule has 8 heteroatoms. The van der Waals surface area contributed by atoms with Crippen LogP contribution in [0.4, 0.5) is 13.9 Å². The average molecular weight is 349 g/mol. The van der Waals surface area contributed by atoms with Crippen molar-refractivity contribution in [2.75, 3.05) is 5.32 Å². The van der Waals surface area contributed by atoms with E-state index in [9.17, 15) is 13.6 Å². The van der Waals surface area contributed by atoms with E-state index in [4.69, 9.17) is 4.52 Å². The van der Waals surface area contributed by atoms with Gasteiger partial charge in [-0.05, 0) is 31.5 Å². The van der Waals surface area contributed by atoms with Crippen LogP contribution in [0.1, 0.15) is 28.7 Å². The summed E-state index contributed by atoms with van der Waals surface area (Å²) in [4.78, 5) is 16.6. The molecule has 1 amide bonds. The standard InChI is InChI=1S/C16H13F2N3O2S/c1-3-12-14(8(2)23-21-12)15(22)20-16-19-13(7-24-16)9-4-5-10(17)11(18)6-9/h4-7H,3H2,1-2H3,(H,19,20,22). The molecular formula is C16H13F2N3O2S. The highest BCUT2D eigenvalue weighted by Crippen LogP contribution is 2.27. The second-order valence-corrected chi connectivity index (χ2v) is 5.89. The number of halogens is 2. The van der Waals surface area contributed by atoms with Gasteiger partial charge in [0, 0.05) is 10.9 Å². The summed E-state index contributed by atoms with van der Waals surface area (Å²) in [7, 11) is 0. The minimum absolute atomic E-state index is 0.349. The molecule has 1 N–H and O–H groups in total. The molecule has 2 heterocycles. The van der Waals surface area contributed by atoms with E-state index in [0.29, 0.717) is 39.8 Å². The Balaban J connectivity index is 1.82. The third-order valence-electron chi connectivity index (χ3n) is 3.44. The van der Waals surface area contributed by atoms with Gasteiger partial charge in [-0.2, -0.15) is 0 Å². The van der Waals surface area contributed by atoms with Gasteiger partial charge < -0.3 is 4.52 Å². The lowest BCUT2D eigenvalue weighted by Crippen LogP contribution is -2.14. The summed E-state index contributed by atoms with van der Waals surface area (Å²) in [6.07, 6.45) is 0.568. The number of benzene rings is 1. The maximum atomic E-state index is 13.3. The molecule has 0 saturated carbocycles. The monoisotopic (exact) mass is 349 g/mol. The zero-order valence-corrected chi connectivity index (χ0v) is 13.7. The fraction of sp³-hybridized carbons (Fsp3) is 0.188. The predicted molar refractivity (Wildman–Crippen MR) is 86.0 cm³/mol. The molecule has 24 heavy (non-hydrogen) atoms. The molecule has 0 bridgehead atoms. The van der Waals surface area contributed by atoms with Gasteiger partial charge in [-0.15, -0.1) is 11.3 Å². The molecular weight excluding hydrogens is 336 g/mol. The summed E-state index contributed by atoms with van der Waals surface area (Å²) in [5.74, 6) is -1.80. The van der Waals surface area contributed by atoms with Crippen LogP contribution in [0.3, 0.4) is 0 Å². The predicted octanol–water partition coefficient (Wildman–Crippen LogP) is 4.20. The summed E-state index contributed by atoms with van der Waals surface area (Å²) in [6.45, 7) is 3.54. The Morgan fingerprint density at radius 1 is 1.33 bits per heavy atom. The first-order valence-corrected chi connectivity index (χ1v) is 8.05. The minimum Gasteiger partial charge on any atom is -0.361 e. The maximum absolute atomic E-state index is 13.3. The molecule has 0 saturated heterocycles. The Morgan fingerprint density at radius 2 is 2.12 bits per heavy atom. The number of hydrogen-bond donors (Lipinski definition) is 1. The largest absolute Gasteiger partial charge is 0.361 e. The van der Waals surface area contributed by atoms with Crippen molar-refractivity contribution in [3.8, 4) is 11.3 Å². The minimum atomic E-state index is -0.946. The van der Waals surface area contributed by atoms with E-state index in [2.05, 4.69) is 15.5 Å². The van der Waals surface area contributed by atoms with Crippen LogP contribution < -0.4 is 5.32 Å². The number of rotatable bonds is 4. The van der Waals surface area contributed by atoms with Crippen molar-refractivity contribution in [1.82, 2.24) is 10.1 Å². The van der Waals surface area contributed by atoms with Gasteiger partial charge in [0.2, 0.25) is 0 Å². The molecule has 2 aromatic heterocycles. The number of nitrogens with zero attached hydrogens (tertiary/aromatic N) is 2. The molecule has 124 valence electrons. The van der Waals surface area contributed by atoms with Gasteiger partial charge >= 0.3 is 0 Å². The summed E-state index contributed by atoms with van der Waals surface area (Å²) in [6, 6.07) is 3.53. The van der Waals surface area contributed by atoms with Crippen LogP contribution in [0.5, 0.6) is 0 Å². The van der Waals surface area contributed by atoms with Gasteiger partial charge in [-0.3, -0.25) is 10.1 Å². The Morgan fingerprint density at radius 3 is 2.83 bits per heavy atom. The number of aryl methyl sites for hydroxylation is 2. The normalized spacial score (nSPS) is 10.8. The fourth-order valence-corrected chi connectivity index (χ4v) is 2.94. The summed E-state index contributed by atoms with van der Waals surface area (Å²) in [5, 5.41) is 8.52. The zero-order chi connectivity index (χ0) is 17.3. The van der Waals surface area contributed by atoms with Crippen LogP contribution in [0.2, 0.25) is 0 Å². The summed E-state index contributed by atoms with van der Waals surface area (Å²) in [5.41, 5.74) is 1.84. The molecule has 0 unspecified atom stereocenters. The third kappa shape index (κ3) is 3.05. The van der Waals surface area contributed by atoms with Crippen LogP contribution >= 0.6 is 11.3 Å². The lowest BCUT2D eigenvalue weighted by atomic mass is 10.1. The van der Waals surface area contributed by atoms with E-state index in [1.54, 1.807) is 12.3 Å². The fourth-order valence-electron chi connectivity index (χ4n) is 2.23. The quantitative estimate of drug-likeness (QED) is 0.766. The second kappa shape index (κ2) is 6.48. The maximum Gasteiger partial charge on any atom is 0.262 e. The van der Waals surface area contributed by atoms with Crippen molar-refractivity contribution in [3.63, 3.8) is 0 Å². The van der Waals surface area contributed by atoms with E-state index in [1.807, 2.05) is 6.92 Å². The molecule has 0 aliphatic rings. The highest BCUT2D eigenvalue weighted by atomic mass is 32.1. The molecule has 0 aliphatic carbocycles. The molecule has 1 aromatic carbocycles. The van der Waals surface area contributed by atoms with Crippen molar-refractivity contribution in [2.24, 2.45) is 0 Å². The second-order valence-electron chi connectivity index (χ2n) is 5.03. The average Bonchev–Trinajstić information content (AvgIpc) is 3.16. The topological polar surface area (TPSA) is 68.0 Å². The number of thiazole rings is 1. The molecule has 0 atom stereocenters. The SMILES string of the molecule is CCc1noc(C)c1C(=O)Nc1nc(-c2ccc(F)c(F)c2)cs1. The number of amides is 1. The molecule has 5 nitrogen and oxygen atoms in total. The molecule has 0 aliphatic heterocycles. The van der Waals surface area contributed by atoms with E-state index in [0.717, 1.165) is 12.1 Å². The molecule has 3 aromatic rings. The van der Waals surface area contributed by atoms with Gasteiger partial charge in [0.15, 0.2) is 16.8 Å². The van der Waals surface area contributed by atoms with Gasteiger partial charge in [0.1, 0.15) is 11.3 Å². The Bertz CT molecular complexity index is 905. The smallest absolute Gasteiger partial charge is 0.262 e. The molecule has 3 rings (SSSR count). The van der Waals surface area contributed by atoms with E-state index in [1.165, 1.54) is 17.4 Å². The Hall–Kier alpha value is -2.61. The summed E-state index contributed by atoms with van der Waals surface area (Å²) < 4.78 is 31.3. The molecule has 0 radical (unpaired) electrons. The van der Waals surface area contributed by atoms with Crippen molar-refractivity contribution in [3.05, 3.63) is 52.2 Å². The van der Waals surface area contributed by atoms with Crippen molar-refractivity contribution in [2.45, 2.75) is 20.3 Å². The van der Waals surface area contributed by atoms with Gasteiger partial charge in [-0.25, -0.2) is 13.8 Å². The highest BCUT2D eigenvalue weighted by Gasteiger charge is 2.20. The first kappa shape index (κ1) is 16.3. The Labute approximate surface area is 140 Å². The van der Waals surface area contributed by atoms with Crippen LogP contribution in [0, 0.1) is 18.6 Å². The number of hydrogen-bond acceptors (Lipinski definition) is 5. The van der Waals surface area contributed by atoms with Crippen LogP contribution in [-0.2, 0) is 6.42 Å². The molecule has 0 fully saturated rings. The van der Waals surface area contributed by atoms with E-state index in [-0.39, 0.29) is 5.91 Å². The number of carbonyl (C=O) groups excluding carboxylic acids is 1. The van der Waals surface area contributed by atoms with Gasteiger partial charge in [0.25, 0.3) is 5.91 Å². The number of nitrogens with one attached hydrogen (secondary N) is 1. The van der Waals surface area contributed by atoms with Crippen LogP contribution in [-0.4, -0.2) is 16.0 Å². The van der Waals surface area contributed by atoms with Gasteiger partial charge in [-0.1, -0.05) is 12.1 Å². The van der Waals surface area contributed by atoms with E-state index < -0.39 is 11.6 Å². The van der Waals surface area contributed by atoms with Gasteiger partial charge in [0.05, 0.1) is 11.4 Å². The number of anilines is 1. The highest BCUT2D eigenvalue weighted by molar-refractivity contribution is 7.14. The zero-order valence-electron chi connectivity index (χ0n) is 12.9. The van der Waals surface area contributed by atoms with Crippen molar-refractivity contribution >= 4 is 22.4 Å².